The van der Waals surface area contributed by atoms with Gasteiger partial charge in [-0.05, 0) is 48.9 Å². The highest BCUT2D eigenvalue weighted by molar-refractivity contribution is 5.97. The summed E-state index contributed by atoms with van der Waals surface area (Å²) in [5.41, 5.74) is 6.25. The number of esters is 1. The molecule has 2 aromatic rings. The summed E-state index contributed by atoms with van der Waals surface area (Å²) in [6, 6.07) is 5.83. The van der Waals surface area contributed by atoms with Crippen LogP contribution in [0.25, 0.3) is 0 Å². The van der Waals surface area contributed by atoms with Gasteiger partial charge in [0.1, 0.15) is 42.1 Å². The zero-order valence-electron chi connectivity index (χ0n) is 32.2. The van der Waals surface area contributed by atoms with Crippen LogP contribution < -0.4 is 37.6 Å². The number of aliphatic hydroxyl groups is 1. The van der Waals surface area contributed by atoms with E-state index in [9.17, 15) is 53.7 Å². The monoisotopic (exact) mass is 811 g/mol. The minimum absolute atomic E-state index is 0.0273. The molecule has 0 spiro atoms. The molecule has 11 N–H and O–H groups in total. The normalized spacial score (nSPS) is 22.7. The Morgan fingerprint density at radius 1 is 0.724 bits per heavy atom. The summed E-state index contributed by atoms with van der Waals surface area (Å²) >= 11 is 0. The van der Waals surface area contributed by atoms with E-state index in [0.717, 1.165) is 6.42 Å². The van der Waals surface area contributed by atoms with Crippen LogP contribution in [0.2, 0.25) is 0 Å². The number of ether oxygens (including phenoxy) is 1. The van der Waals surface area contributed by atoms with Crippen LogP contribution in [0.15, 0.2) is 54.6 Å². The molecular weight excluding hydrogens is 758 g/mol. The van der Waals surface area contributed by atoms with E-state index in [1.54, 1.807) is 30.3 Å². The number of benzene rings is 2. The Morgan fingerprint density at radius 2 is 1.28 bits per heavy atom. The molecule has 3 rings (SSSR count). The summed E-state index contributed by atoms with van der Waals surface area (Å²) in [7, 11) is 0. The number of phenols is 1. The smallest absolute Gasteiger partial charge is 0.329 e. The highest BCUT2D eigenvalue weighted by Gasteiger charge is 2.35. The largest absolute Gasteiger partial charge is 0.508 e. The van der Waals surface area contributed by atoms with Gasteiger partial charge < -0.3 is 57.7 Å². The van der Waals surface area contributed by atoms with E-state index in [-0.39, 0.29) is 44.4 Å². The number of hydrogen-bond acceptors (Lipinski definition) is 11. The molecule has 19 heteroatoms. The summed E-state index contributed by atoms with van der Waals surface area (Å²) in [6.07, 6.45) is -0.823. The Balaban J connectivity index is 2.11. The van der Waals surface area contributed by atoms with Gasteiger partial charge in [0.15, 0.2) is 0 Å². The van der Waals surface area contributed by atoms with E-state index in [0.29, 0.717) is 24.0 Å². The quantitative estimate of drug-likeness (QED) is 0.0798. The van der Waals surface area contributed by atoms with E-state index in [1.165, 1.54) is 24.3 Å². The zero-order valence-corrected chi connectivity index (χ0v) is 32.2. The number of cyclic esters (lactones) is 1. The summed E-state index contributed by atoms with van der Waals surface area (Å²) in [6.45, 7) is 1.01. The fourth-order valence-corrected chi connectivity index (χ4v) is 6.11. The molecule has 0 aliphatic carbocycles. The Morgan fingerprint density at radius 3 is 1.84 bits per heavy atom. The van der Waals surface area contributed by atoms with Gasteiger partial charge >= 0.3 is 18.0 Å². The van der Waals surface area contributed by atoms with Crippen molar-refractivity contribution in [2.24, 2.45) is 5.73 Å². The van der Waals surface area contributed by atoms with Gasteiger partial charge in [0, 0.05) is 19.4 Å². The lowest BCUT2D eigenvalue weighted by molar-refractivity contribution is -0.157. The molecule has 2 aromatic carbocycles. The van der Waals surface area contributed by atoms with Gasteiger partial charge in [-0.1, -0.05) is 62.2 Å². The van der Waals surface area contributed by atoms with Crippen LogP contribution in [-0.4, -0.2) is 112 Å². The molecule has 1 heterocycles. The Labute approximate surface area is 335 Å². The molecule has 0 aromatic heterocycles. The van der Waals surface area contributed by atoms with E-state index in [2.05, 4.69) is 31.9 Å². The maximum absolute atomic E-state index is 14.1. The van der Waals surface area contributed by atoms with Crippen LogP contribution in [0.5, 0.6) is 5.75 Å². The van der Waals surface area contributed by atoms with Crippen LogP contribution in [0.3, 0.4) is 0 Å². The third kappa shape index (κ3) is 16.1. The number of carboxylic acids is 1. The zero-order chi connectivity index (χ0) is 42.6. The highest BCUT2D eigenvalue weighted by Crippen LogP contribution is 2.15. The van der Waals surface area contributed by atoms with Crippen molar-refractivity contribution in [3.8, 4) is 5.75 Å². The predicted molar refractivity (Wildman–Crippen MR) is 206 cm³/mol. The number of aliphatic carboxylic acids is 1. The molecule has 1 unspecified atom stereocenters. The first kappa shape index (κ1) is 46.1. The van der Waals surface area contributed by atoms with Crippen molar-refractivity contribution >= 4 is 47.5 Å². The average Bonchev–Trinajstić information content (AvgIpc) is 3.17. The number of aromatic hydroxyl groups is 1. The van der Waals surface area contributed by atoms with Crippen molar-refractivity contribution in [3.05, 3.63) is 65.7 Å². The fourth-order valence-electron chi connectivity index (χ4n) is 6.11. The first-order valence-electron chi connectivity index (χ1n) is 19.1. The Kier molecular flexibility index (Phi) is 18.9. The molecule has 6 atom stereocenters. The van der Waals surface area contributed by atoms with Gasteiger partial charge in [-0.25, -0.2) is 9.59 Å². The van der Waals surface area contributed by atoms with Gasteiger partial charge in [0.05, 0.1) is 19.4 Å². The van der Waals surface area contributed by atoms with Crippen molar-refractivity contribution in [1.29, 1.82) is 0 Å². The van der Waals surface area contributed by atoms with E-state index in [1.807, 2.05) is 6.92 Å². The second-order valence-electron chi connectivity index (χ2n) is 13.9. The number of carbonyl (C=O) groups excluding carboxylic acids is 7. The number of carbonyl (C=O) groups is 8. The van der Waals surface area contributed by atoms with E-state index < -0.39 is 103 Å². The molecule has 1 aliphatic heterocycles. The fraction of sp³-hybridized carbons (Fsp3) is 0.487. The third-order valence-corrected chi connectivity index (χ3v) is 9.17. The summed E-state index contributed by atoms with van der Waals surface area (Å²) in [4.78, 5) is 106. The van der Waals surface area contributed by atoms with Gasteiger partial charge in [0.2, 0.25) is 29.5 Å². The number of hydrogen-bond donors (Lipinski definition) is 10. The number of unbranched alkanes of at least 4 members (excludes halogenated alkanes) is 2. The molecule has 58 heavy (non-hydrogen) atoms. The lowest BCUT2D eigenvalue weighted by Gasteiger charge is -2.27. The lowest BCUT2D eigenvalue weighted by atomic mass is 10.0. The van der Waals surface area contributed by atoms with Crippen LogP contribution in [0, 0.1) is 0 Å². The first-order chi connectivity index (χ1) is 27.7. The van der Waals surface area contributed by atoms with Gasteiger partial charge in [0.25, 0.3) is 0 Å². The topological polar surface area (TPSA) is 305 Å². The summed E-state index contributed by atoms with van der Waals surface area (Å²) in [5, 5.41) is 44.5. The number of amides is 7. The van der Waals surface area contributed by atoms with Crippen molar-refractivity contribution < 1.29 is 58.4 Å². The van der Waals surface area contributed by atoms with Crippen molar-refractivity contribution in [2.45, 2.75) is 107 Å². The van der Waals surface area contributed by atoms with E-state index in [4.69, 9.17) is 10.5 Å². The minimum atomic E-state index is -1.78. The van der Waals surface area contributed by atoms with Crippen LogP contribution in [-0.2, 0) is 51.1 Å². The standard InChI is InChI=1S/C39H53N7O12/c1-2-3-5-11-26-20-32(49)42-31(22-47)37(55)45-28(18-23-9-6-4-7-10-23)36(54)44-29(19-24-13-15-25(48)16-14-24)35(53)43-27(12-8-17-41-39(40)57)34(52)46-30(21-33(50)51)38(56)58-26/h4,6-7,9-10,13-16,26-31,47-48H,2-3,5,8,11-12,17-22H2,1H3,(H,42,49)(H,43,53)(H,44,54)(H,45,55)(H,46,52)(H,50,51)(H3,40,41,57)/t26?,27-,28+,29+,30+,31+/m1/s1. The summed E-state index contributed by atoms with van der Waals surface area (Å²) in [5.74, 6) is -7.23. The van der Waals surface area contributed by atoms with Crippen molar-refractivity contribution in [3.63, 3.8) is 0 Å². The number of rotatable bonds is 15. The van der Waals surface area contributed by atoms with Crippen molar-refractivity contribution in [1.82, 2.24) is 31.9 Å². The van der Waals surface area contributed by atoms with Crippen LogP contribution in [0.4, 0.5) is 4.79 Å². The molecule has 1 saturated heterocycles. The number of aliphatic hydroxyl groups excluding tert-OH is 1. The van der Waals surface area contributed by atoms with Crippen molar-refractivity contribution in [2.75, 3.05) is 13.2 Å². The second-order valence-corrected chi connectivity index (χ2v) is 13.9. The molecule has 1 fully saturated rings. The molecule has 0 radical (unpaired) electrons. The van der Waals surface area contributed by atoms with Crippen LogP contribution in [0.1, 0.15) is 69.4 Å². The molecule has 0 bridgehead atoms. The number of carboxylic acid groups (broad SMARTS) is 1. The number of primary amides is 1. The average molecular weight is 812 g/mol. The summed E-state index contributed by atoms with van der Waals surface area (Å²) < 4.78 is 5.60. The molecule has 1 aliphatic rings. The highest BCUT2D eigenvalue weighted by atomic mass is 16.5. The molecule has 316 valence electrons. The molecule has 19 nitrogen and oxygen atoms in total. The van der Waals surface area contributed by atoms with Gasteiger partial charge in [-0.3, -0.25) is 28.8 Å². The SMILES string of the molecule is CCCCCC1CC(=O)N[C@@H](CO)C(=O)N[C@@H](Cc2ccccc2)C(=O)N[C@@H](Cc2ccc(O)cc2)C(=O)N[C@H](CCCNC(N)=O)C(=O)N[C@@H](CC(=O)O)C(=O)O1. The van der Waals surface area contributed by atoms with Crippen LogP contribution >= 0.6 is 0 Å². The number of nitrogens with one attached hydrogen (secondary N) is 6. The Bertz CT molecular complexity index is 1730. The number of nitrogens with two attached hydrogens (primary N) is 1. The molecule has 7 amide bonds. The van der Waals surface area contributed by atoms with Gasteiger partial charge in [-0.2, -0.15) is 0 Å². The lowest BCUT2D eigenvalue weighted by Crippen LogP contribution is -2.60. The van der Waals surface area contributed by atoms with E-state index >= 15 is 0 Å². The molecular formula is C39H53N7O12. The van der Waals surface area contributed by atoms with Gasteiger partial charge in [-0.15, -0.1) is 0 Å². The third-order valence-electron chi connectivity index (χ3n) is 9.17. The molecule has 0 saturated carbocycles. The second kappa shape index (κ2) is 23.7. The predicted octanol–water partition coefficient (Wildman–Crippen LogP) is -0.587. The number of phenolic OH excluding ortho intramolecular Hbond substituents is 1. The Hall–Kier alpha value is -6.24. The number of urea groups is 1. The minimum Gasteiger partial charge on any atom is -0.508 e. The first-order valence-corrected chi connectivity index (χ1v) is 19.1. The maximum Gasteiger partial charge on any atom is 0.329 e. The maximum atomic E-state index is 14.1.